The molecule has 128 valence electrons. The summed E-state index contributed by atoms with van der Waals surface area (Å²) in [6.07, 6.45) is 2.47. The molecule has 3 rings (SSSR count). The summed E-state index contributed by atoms with van der Waals surface area (Å²) >= 11 is 5.81. The van der Waals surface area contributed by atoms with E-state index in [0.29, 0.717) is 35.2 Å². The van der Waals surface area contributed by atoms with Crippen molar-refractivity contribution < 1.29 is 17.2 Å². The molecule has 0 radical (unpaired) electrons. The van der Waals surface area contributed by atoms with Gasteiger partial charge in [-0.2, -0.15) is 0 Å². The van der Waals surface area contributed by atoms with Crippen LogP contribution in [0, 0.1) is 5.82 Å². The molecule has 10 heteroatoms. The molecule has 24 heavy (non-hydrogen) atoms. The fourth-order valence-corrected chi connectivity index (χ4v) is 3.44. The van der Waals surface area contributed by atoms with Gasteiger partial charge in [-0.1, -0.05) is 11.6 Å². The quantitative estimate of drug-likeness (QED) is 0.876. The van der Waals surface area contributed by atoms with E-state index < -0.39 is 32.8 Å². The lowest BCUT2D eigenvalue weighted by Crippen LogP contribution is -2.34. The van der Waals surface area contributed by atoms with Crippen LogP contribution in [0.3, 0.4) is 0 Å². The lowest BCUT2D eigenvalue weighted by atomic mass is 10.2. The monoisotopic (exact) mass is 374 g/mol. The van der Waals surface area contributed by atoms with Gasteiger partial charge in [0.2, 0.25) is 10.0 Å². The first-order chi connectivity index (χ1) is 11.2. The number of rotatable bonds is 3. The zero-order valence-corrected chi connectivity index (χ0v) is 14.0. The van der Waals surface area contributed by atoms with Crippen LogP contribution in [0.15, 0.2) is 26.1 Å². The Kier molecular flexibility index (Phi) is 4.00. The van der Waals surface area contributed by atoms with E-state index in [4.69, 9.17) is 16.0 Å². The van der Waals surface area contributed by atoms with Crippen LogP contribution in [0.2, 0.25) is 5.02 Å². The van der Waals surface area contributed by atoms with Gasteiger partial charge in [0.05, 0.1) is 28.2 Å². The van der Waals surface area contributed by atoms with E-state index in [9.17, 15) is 22.4 Å². The van der Waals surface area contributed by atoms with Gasteiger partial charge in [0, 0.05) is 6.42 Å². The van der Waals surface area contributed by atoms with Crippen molar-refractivity contribution in [1.82, 2.24) is 4.57 Å². The highest BCUT2D eigenvalue weighted by atomic mass is 35.5. The normalized spacial score (nSPS) is 13.8. The largest absolute Gasteiger partial charge is 0.426 e. The lowest BCUT2D eigenvalue weighted by Gasteiger charge is -2.11. The van der Waals surface area contributed by atoms with Crippen LogP contribution in [-0.2, 0) is 22.9 Å². The topological polar surface area (TPSA) is 98.4 Å². The Morgan fingerprint density at radius 3 is 2.67 bits per heavy atom. The summed E-state index contributed by atoms with van der Waals surface area (Å²) in [6, 6.07) is 1.81. The third-order valence-electron chi connectivity index (χ3n) is 3.59. The lowest BCUT2D eigenvalue weighted by molar-refractivity contribution is 0.419. The van der Waals surface area contributed by atoms with Crippen molar-refractivity contribution in [3.8, 4) is 5.69 Å². The van der Waals surface area contributed by atoms with Crippen molar-refractivity contribution in [3.05, 3.63) is 55.2 Å². The van der Waals surface area contributed by atoms with Crippen molar-refractivity contribution in [2.75, 3.05) is 11.0 Å². The van der Waals surface area contributed by atoms with Crippen LogP contribution in [0.4, 0.5) is 10.1 Å². The number of aryl methyl sites for hydroxylation is 1. The van der Waals surface area contributed by atoms with E-state index in [1.807, 2.05) is 0 Å². The average molecular weight is 375 g/mol. The molecule has 0 aliphatic heterocycles. The molecule has 0 spiro atoms. The second-order valence-corrected chi connectivity index (χ2v) is 7.58. The summed E-state index contributed by atoms with van der Waals surface area (Å²) in [5.74, 6) is -1.68. The van der Waals surface area contributed by atoms with Gasteiger partial charge in [-0.05, 0) is 25.0 Å². The minimum absolute atomic E-state index is 0.151. The molecule has 7 nitrogen and oxygen atoms in total. The van der Waals surface area contributed by atoms with E-state index in [1.165, 1.54) is 0 Å². The van der Waals surface area contributed by atoms with Gasteiger partial charge < -0.3 is 4.42 Å². The number of hydrogen-bond acceptors (Lipinski definition) is 5. The standard InChI is InChI=1S/C14H12ClFN2O5S/c1-24(21,22)17-10-6-11(9(16)5-8(10)15)18-13(19)7-3-2-4-12(7)23-14(18)20/h5-6,17H,2-4H2,1H3. The predicted molar refractivity (Wildman–Crippen MR) is 86.0 cm³/mol. The van der Waals surface area contributed by atoms with Crippen molar-refractivity contribution in [2.24, 2.45) is 0 Å². The molecule has 1 aromatic carbocycles. The number of benzene rings is 1. The maximum atomic E-state index is 14.3. The fourth-order valence-electron chi connectivity index (χ4n) is 2.62. The molecule has 1 aromatic heterocycles. The van der Waals surface area contributed by atoms with Crippen LogP contribution in [0.1, 0.15) is 17.7 Å². The first kappa shape index (κ1) is 16.7. The van der Waals surface area contributed by atoms with E-state index in [-0.39, 0.29) is 10.7 Å². The third-order valence-corrected chi connectivity index (χ3v) is 4.50. The smallest absolute Gasteiger partial charge is 0.414 e. The molecule has 0 atom stereocenters. The number of fused-ring (bicyclic) bond motifs is 1. The Balaban J connectivity index is 2.26. The van der Waals surface area contributed by atoms with E-state index >= 15 is 0 Å². The predicted octanol–water partition coefficient (Wildman–Crippen LogP) is 1.44. The fraction of sp³-hybridized carbons (Fsp3) is 0.286. The number of halogens is 2. The van der Waals surface area contributed by atoms with Crippen LogP contribution < -0.4 is 16.0 Å². The summed E-state index contributed by atoms with van der Waals surface area (Å²) in [5, 5.41) is -0.208. The van der Waals surface area contributed by atoms with Crippen molar-refractivity contribution in [1.29, 1.82) is 0 Å². The summed E-state index contributed by atoms with van der Waals surface area (Å²) in [6.45, 7) is 0. The highest BCUT2D eigenvalue weighted by Crippen LogP contribution is 2.28. The third kappa shape index (κ3) is 2.96. The number of nitrogens with zero attached hydrogens (tertiary/aromatic N) is 1. The number of aromatic nitrogens is 1. The maximum Gasteiger partial charge on any atom is 0.426 e. The Morgan fingerprint density at radius 2 is 2.00 bits per heavy atom. The molecule has 0 amide bonds. The van der Waals surface area contributed by atoms with Gasteiger partial charge in [0.15, 0.2) is 0 Å². The molecule has 1 heterocycles. The molecule has 2 aromatic rings. The Bertz CT molecular complexity index is 1060. The molecule has 0 saturated heterocycles. The zero-order valence-electron chi connectivity index (χ0n) is 12.4. The van der Waals surface area contributed by atoms with Gasteiger partial charge in [-0.25, -0.2) is 22.2 Å². The van der Waals surface area contributed by atoms with Crippen LogP contribution in [0.5, 0.6) is 0 Å². The first-order valence-electron chi connectivity index (χ1n) is 6.92. The second kappa shape index (κ2) is 5.75. The van der Waals surface area contributed by atoms with Crippen molar-refractivity contribution >= 4 is 27.3 Å². The molecule has 0 fully saturated rings. The summed E-state index contributed by atoms with van der Waals surface area (Å²) in [5.41, 5.74) is -0.937. The highest BCUT2D eigenvalue weighted by molar-refractivity contribution is 7.92. The zero-order chi connectivity index (χ0) is 17.6. The van der Waals surface area contributed by atoms with Gasteiger partial charge in [-0.3, -0.25) is 9.52 Å². The molecule has 1 N–H and O–H groups in total. The number of nitrogens with one attached hydrogen (secondary N) is 1. The van der Waals surface area contributed by atoms with Gasteiger partial charge >= 0.3 is 5.76 Å². The molecular weight excluding hydrogens is 363 g/mol. The molecular formula is C14H12ClFN2O5S. The number of anilines is 1. The molecule has 1 aliphatic carbocycles. The number of sulfonamides is 1. The number of hydrogen-bond donors (Lipinski definition) is 1. The maximum absolute atomic E-state index is 14.3. The molecule has 0 saturated carbocycles. The van der Waals surface area contributed by atoms with Gasteiger partial charge in [0.25, 0.3) is 5.56 Å². The summed E-state index contributed by atoms with van der Waals surface area (Å²) < 4.78 is 44.7. The molecule has 1 aliphatic rings. The van der Waals surface area contributed by atoms with Crippen LogP contribution >= 0.6 is 11.6 Å². The van der Waals surface area contributed by atoms with Gasteiger partial charge in [-0.15, -0.1) is 0 Å². The first-order valence-corrected chi connectivity index (χ1v) is 9.19. The van der Waals surface area contributed by atoms with Crippen molar-refractivity contribution in [3.63, 3.8) is 0 Å². The Labute approximate surface area is 140 Å². The second-order valence-electron chi connectivity index (χ2n) is 5.42. The SMILES string of the molecule is CS(=O)(=O)Nc1cc(-n2c(=O)oc3c(c2=O)CCC3)c(F)cc1Cl. The average Bonchev–Trinajstić information content (AvgIpc) is 2.90. The van der Waals surface area contributed by atoms with E-state index in [2.05, 4.69) is 4.72 Å². The molecule has 0 bridgehead atoms. The minimum atomic E-state index is -3.69. The van der Waals surface area contributed by atoms with E-state index in [1.54, 1.807) is 0 Å². The van der Waals surface area contributed by atoms with Crippen LogP contribution in [-0.4, -0.2) is 19.2 Å². The Morgan fingerprint density at radius 1 is 1.29 bits per heavy atom. The summed E-state index contributed by atoms with van der Waals surface area (Å²) in [4.78, 5) is 24.6. The highest BCUT2D eigenvalue weighted by Gasteiger charge is 2.24. The van der Waals surface area contributed by atoms with Gasteiger partial charge in [0.1, 0.15) is 11.6 Å². The van der Waals surface area contributed by atoms with E-state index in [0.717, 1.165) is 18.4 Å². The van der Waals surface area contributed by atoms with Crippen LogP contribution in [0.25, 0.3) is 5.69 Å². The summed E-state index contributed by atoms with van der Waals surface area (Å²) in [7, 11) is -3.69. The molecule has 0 unspecified atom stereocenters. The Hall–Kier alpha value is -2.13. The van der Waals surface area contributed by atoms with Crippen molar-refractivity contribution in [2.45, 2.75) is 19.3 Å². The minimum Gasteiger partial charge on any atom is -0.414 e.